The zero-order valence-corrected chi connectivity index (χ0v) is 25.3. The molecule has 230 valence electrons. The van der Waals surface area contributed by atoms with Crippen molar-refractivity contribution in [1.29, 1.82) is 0 Å². The van der Waals surface area contributed by atoms with Crippen molar-refractivity contribution < 1.29 is 23.0 Å². The summed E-state index contributed by atoms with van der Waals surface area (Å²) in [5.41, 5.74) is 2.88. The number of hydrogen-bond donors (Lipinski definition) is 2. The third-order valence-corrected chi connectivity index (χ3v) is 8.22. The van der Waals surface area contributed by atoms with E-state index in [2.05, 4.69) is 37.1 Å². The van der Waals surface area contributed by atoms with Gasteiger partial charge in [0, 0.05) is 53.8 Å². The van der Waals surface area contributed by atoms with Crippen LogP contribution in [0.25, 0.3) is 22.2 Å². The summed E-state index contributed by atoms with van der Waals surface area (Å²) < 4.78 is 40.6. The average Bonchev–Trinajstić information content (AvgIpc) is 3.52. The Labute approximate surface area is 261 Å². The second kappa shape index (κ2) is 12.8. The van der Waals surface area contributed by atoms with Crippen molar-refractivity contribution >= 4 is 45.3 Å². The second-order valence-corrected chi connectivity index (χ2v) is 11.2. The van der Waals surface area contributed by atoms with Gasteiger partial charge in [0.15, 0.2) is 0 Å². The molecule has 1 aliphatic rings. The zero-order chi connectivity index (χ0) is 31.5. The van der Waals surface area contributed by atoms with E-state index in [1.165, 1.54) is 35.9 Å². The lowest BCUT2D eigenvalue weighted by molar-refractivity contribution is -0.126. The summed E-state index contributed by atoms with van der Waals surface area (Å²) in [4.78, 5) is 30.9. The molecule has 45 heavy (non-hydrogen) atoms. The highest BCUT2D eigenvalue weighted by Crippen LogP contribution is 2.36. The molecule has 4 heterocycles. The van der Waals surface area contributed by atoms with E-state index >= 15 is 4.39 Å². The summed E-state index contributed by atoms with van der Waals surface area (Å²) in [6.45, 7) is 6.41. The van der Waals surface area contributed by atoms with Crippen LogP contribution in [0, 0.1) is 18.6 Å². The van der Waals surface area contributed by atoms with Gasteiger partial charge in [0.2, 0.25) is 5.91 Å². The van der Waals surface area contributed by atoms with E-state index in [1.54, 1.807) is 48.7 Å². The molecule has 1 fully saturated rings. The van der Waals surface area contributed by atoms with E-state index in [-0.39, 0.29) is 28.6 Å². The molecule has 1 amide bonds. The molecule has 10 nitrogen and oxygen atoms in total. The van der Waals surface area contributed by atoms with Gasteiger partial charge in [-0.25, -0.2) is 23.7 Å². The number of nitrogens with one attached hydrogen (secondary N) is 2. The Balaban J connectivity index is 1.18. The van der Waals surface area contributed by atoms with Crippen molar-refractivity contribution in [3.05, 3.63) is 84.3 Å². The normalized spacial score (nSPS) is 13.5. The summed E-state index contributed by atoms with van der Waals surface area (Å²) in [7, 11) is 1.59. The van der Waals surface area contributed by atoms with Gasteiger partial charge in [0.25, 0.3) is 5.19 Å². The molecule has 2 N–H and O–H groups in total. The monoisotopic (exact) mass is 629 g/mol. The Hall–Kier alpha value is -5.17. The molecule has 0 unspecified atom stereocenters. The Morgan fingerprint density at radius 3 is 2.64 bits per heavy atom. The molecule has 0 spiro atoms. The predicted octanol–water partition coefficient (Wildman–Crippen LogP) is 6.87. The number of ether oxygens (including phenoxy) is 2. The summed E-state index contributed by atoms with van der Waals surface area (Å²) in [6.07, 6.45) is 5.81. The van der Waals surface area contributed by atoms with E-state index in [0.29, 0.717) is 52.5 Å². The van der Waals surface area contributed by atoms with Gasteiger partial charge in [-0.3, -0.25) is 9.78 Å². The number of hydrogen-bond acceptors (Lipinski definition) is 10. The number of amides is 1. The molecule has 0 atom stereocenters. The van der Waals surface area contributed by atoms with Gasteiger partial charge in [-0.2, -0.15) is 0 Å². The smallest absolute Gasteiger partial charge is 0.279 e. The van der Waals surface area contributed by atoms with Crippen molar-refractivity contribution in [2.75, 3.05) is 30.8 Å². The first-order valence-corrected chi connectivity index (χ1v) is 15.0. The van der Waals surface area contributed by atoms with Crippen LogP contribution >= 0.6 is 11.3 Å². The fourth-order valence-electron chi connectivity index (χ4n) is 5.03. The van der Waals surface area contributed by atoms with Gasteiger partial charge in [-0.05, 0) is 50.1 Å². The van der Waals surface area contributed by atoms with Crippen LogP contribution in [-0.2, 0) is 4.79 Å². The van der Waals surface area contributed by atoms with Crippen molar-refractivity contribution in [1.82, 2.24) is 24.8 Å². The summed E-state index contributed by atoms with van der Waals surface area (Å²) in [5, 5.41) is 9.27. The molecule has 6 rings (SSSR count). The van der Waals surface area contributed by atoms with Crippen molar-refractivity contribution in [2.45, 2.75) is 25.8 Å². The van der Waals surface area contributed by atoms with Crippen molar-refractivity contribution in [3.8, 4) is 28.0 Å². The molecule has 5 aromatic rings. The highest BCUT2D eigenvalue weighted by Gasteiger charge is 2.23. The summed E-state index contributed by atoms with van der Waals surface area (Å²) >= 11 is 1.21. The van der Waals surface area contributed by atoms with E-state index in [0.717, 1.165) is 18.5 Å². The fourth-order valence-corrected chi connectivity index (χ4v) is 5.73. The maximum absolute atomic E-state index is 15.3. The average molecular weight is 630 g/mol. The Bertz CT molecular complexity index is 1890. The van der Waals surface area contributed by atoms with Crippen molar-refractivity contribution in [2.24, 2.45) is 0 Å². The SMILES string of the molecule is C=CC(=O)N1CCC(Nc2cc3c(Nc4ccc(Oc5nc(-c6cnc(C)c(F)c6)cs5)cc4F)ncnc3cc2OC)CC1. The minimum Gasteiger partial charge on any atom is -0.495 e. The van der Waals surface area contributed by atoms with Crippen LogP contribution in [0.5, 0.6) is 16.7 Å². The number of thiazole rings is 1. The summed E-state index contributed by atoms with van der Waals surface area (Å²) in [6, 6.07) is 9.58. The number of carbonyl (C=O) groups is 1. The number of rotatable bonds is 9. The van der Waals surface area contributed by atoms with Gasteiger partial charge in [-0.15, -0.1) is 0 Å². The van der Waals surface area contributed by atoms with Crippen LogP contribution in [0.15, 0.2) is 67.0 Å². The minimum absolute atomic E-state index is 0.0672. The second-order valence-electron chi connectivity index (χ2n) is 10.4. The molecule has 1 saturated heterocycles. The standard InChI is InChI=1S/C32H29F2N7O3S/c1-4-30(42)41-9-7-20(8-10-41)38-27-13-22-26(14-29(27)43-3)36-17-37-31(22)39-25-6-5-21(12-24(25)34)44-32-40-28(16-45-32)19-11-23(33)18(2)35-15-19/h4-6,11-17,20,38H,1,7-10H2,2-3H3,(H,36,37,39). The third-order valence-electron chi connectivity index (χ3n) is 7.50. The molecule has 2 aromatic carbocycles. The van der Waals surface area contributed by atoms with Gasteiger partial charge < -0.3 is 25.0 Å². The molecule has 0 saturated carbocycles. The van der Waals surface area contributed by atoms with E-state index in [4.69, 9.17) is 9.47 Å². The van der Waals surface area contributed by atoms with Crippen LogP contribution in [0.3, 0.4) is 0 Å². The first-order valence-electron chi connectivity index (χ1n) is 14.1. The maximum Gasteiger partial charge on any atom is 0.279 e. The third kappa shape index (κ3) is 6.53. The van der Waals surface area contributed by atoms with Gasteiger partial charge >= 0.3 is 0 Å². The fraction of sp³-hybridized carbons (Fsp3) is 0.219. The molecule has 0 bridgehead atoms. The number of carbonyl (C=O) groups excluding carboxylic acids is 1. The Morgan fingerprint density at radius 1 is 1.09 bits per heavy atom. The molecular formula is C32H29F2N7O3S. The summed E-state index contributed by atoms with van der Waals surface area (Å²) in [5.74, 6) is 0.217. The highest BCUT2D eigenvalue weighted by atomic mass is 32.1. The zero-order valence-electron chi connectivity index (χ0n) is 24.5. The molecule has 1 aliphatic heterocycles. The minimum atomic E-state index is -0.562. The number of nitrogens with zero attached hydrogens (tertiary/aromatic N) is 5. The predicted molar refractivity (Wildman–Crippen MR) is 169 cm³/mol. The number of likely N-dealkylation sites (tertiary alicyclic amines) is 1. The van der Waals surface area contributed by atoms with E-state index in [1.807, 2.05) is 6.07 Å². The molecule has 3 aromatic heterocycles. The quantitative estimate of drug-likeness (QED) is 0.169. The largest absolute Gasteiger partial charge is 0.495 e. The number of halogens is 2. The molecule has 13 heteroatoms. The number of aromatic nitrogens is 4. The van der Waals surface area contributed by atoms with Gasteiger partial charge in [0.1, 0.15) is 35.3 Å². The van der Waals surface area contributed by atoms with Gasteiger partial charge in [-0.1, -0.05) is 17.9 Å². The first-order chi connectivity index (χ1) is 21.8. The van der Waals surface area contributed by atoms with E-state index in [9.17, 15) is 9.18 Å². The number of piperidine rings is 1. The lowest BCUT2D eigenvalue weighted by atomic mass is 10.0. The number of anilines is 3. The molecule has 0 radical (unpaired) electrons. The van der Waals surface area contributed by atoms with Crippen LogP contribution in [-0.4, -0.2) is 57.0 Å². The van der Waals surface area contributed by atoms with Gasteiger partial charge in [0.05, 0.1) is 35.4 Å². The number of methoxy groups -OCH3 is 1. The lowest BCUT2D eigenvalue weighted by Crippen LogP contribution is -2.41. The van der Waals surface area contributed by atoms with Crippen LogP contribution in [0.1, 0.15) is 18.5 Å². The molecule has 0 aliphatic carbocycles. The number of benzene rings is 2. The molecular weight excluding hydrogens is 600 g/mol. The highest BCUT2D eigenvalue weighted by molar-refractivity contribution is 7.11. The topological polar surface area (TPSA) is 114 Å². The maximum atomic E-state index is 15.3. The Morgan fingerprint density at radius 2 is 1.91 bits per heavy atom. The first kappa shape index (κ1) is 29.9. The lowest BCUT2D eigenvalue weighted by Gasteiger charge is -2.32. The van der Waals surface area contributed by atoms with Crippen LogP contribution < -0.4 is 20.1 Å². The van der Waals surface area contributed by atoms with E-state index < -0.39 is 11.6 Å². The number of pyridine rings is 1. The Kier molecular flexibility index (Phi) is 8.52. The number of aryl methyl sites for hydroxylation is 1. The van der Waals surface area contributed by atoms with Crippen LogP contribution in [0.4, 0.5) is 26.0 Å². The van der Waals surface area contributed by atoms with Crippen molar-refractivity contribution in [3.63, 3.8) is 0 Å². The number of fused-ring (bicyclic) bond motifs is 1. The van der Waals surface area contributed by atoms with Crippen LogP contribution in [0.2, 0.25) is 0 Å².